The number of carbonyl (C=O) groups excluding carboxylic acids is 2. The quantitative estimate of drug-likeness (QED) is 0.578. The summed E-state index contributed by atoms with van der Waals surface area (Å²) in [5.74, 6) is -0.298. The second-order valence-electron chi connectivity index (χ2n) is 6.98. The fourth-order valence-corrected chi connectivity index (χ4v) is 3.79. The van der Waals surface area contributed by atoms with Crippen LogP contribution in [-0.2, 0) is 9.59 Å². The molecule has 1 atom stereocenters. The number of amides is 2. The van der Waals surface area contributed by atoms with Gasteiger partial charge in [-0.3, -0.25) is 14.4 Å². The summed E-state index contributed by atoms with van der Waals surface area (Å²) in [5, 5.41) is 8.32. The van der Waals surface area contributed by atoms with Crippen molar-refractivity contribution in [1.29, 1.82) is 0 Å². The molecule has 2 aromatic rings. The molecular weight excluding hydrogens is 402 g/mol. The lowest BCUT2D eigenvalue weighted by molar-refractivity contribution is -0.137. The Morgan fingerprint density at radius 3 is 2.40 bits per heavy atom. The molecule has 1 unspecified atom stereocenters. The predicted molar refractivity (Wildman–Crippen MR) is 118 cm³/mol. The Labute approximate surface area is 179 Å². The van der Waals surface area contributed by atoms with Crippen LogP contribution in [-0.4, -0.2) is 28.8 Å². The normalized spacial score (nSPS) is 16.2. The number of hydrogen-bond donors (Lipinski definition) is 1. The molecule has 2 amide bonds. The number of thioether (sulfide) groups is 1. The highest BCUT2D eigenvalue weighted by atomic mass is 32.2. The zero-order valence-corrected chi connectivity index (χ0v) is 17.6. The highest BCUT2D eigenvalue weighted by Gasteiger charge is 2.36. The number of carboxylic acids is 1. The number of benzene rings is 2. The van der Waals surface area contributed by atoms with Crippen molar-refractivity contribution in [2.24, 2.45) is 0 Å². The highest BCUT2D eigenvalue weighted by Crippen LogP contribution is 2.36. The van der Waals surface area contributed by atoms with E-state index in [0.29, 0.717) is 22.3 Å². The summed E-state index contributed by atoms with van der Waals surface area (Å²) < 4.78 is 5.35. The van der Waals surface area contributed by atoms with Gasteiger partial charge in [0.05, 0.1) is 23.6 Å². The summed E-state index contributed by atoms with van der Waals surface area (Å²) in [6.45, 7) is 4.35. The van der Waals surface area contributed by atoms with Crippen LogP contribution in [0.15, 0.2) is 53.4 Å². The third-order valence-electron chi connectivity index (χ3n) is 4.89. The van der Waals surface area contributed by atoms with Crippen LogP contribution >= 0.6 is 11.8 Å². The zero-order valence-electron chi connectivity index (χ0n) is 16.8. The van der Waals surface area contributed by atoms with E-state index in [9.17, 15) is 14.4 Å². The first-order chi connectivity index (χ1) is 14.4. The van der Waals surface area contributed by atoms with Crippen LogP contribution in [0.3, 0.4) is 0 Å². The average molecular weight is 426 g/mol. The number of anilines is 1. The molecule has 1 fully saturated rings. The Balaban J connectivity index is 1.71. The molecule has 1 saturated heterocycles. The molecule has 6 nitrogen and oxygen atoms in total. The largest absolute Gasteiger partial charge is 0.493 e. The van der Waals surface area contributed by atoms with Crippen molar-refractivity contribution in [3.8, 4) is 5.75 Å². The Hall–Kier alpha value is -3.06. The van der Waals surface area contributed by atoms with E-state index in [-0.39, 0.29) is 24.2 Å². The standard InChI is InChI=1S/C23H23NO5S/c1-3-15(2)17-6-8-18(9-7-17)24-22(27)20(30-23(24)28)14-16-4-10-19(11-5-16)29-13-12-21(25)26/h4-11,14-15H,3,12-13H2,1-2H3,(H,25,26)/b20-14+. The van der Waals surface area contributed by atoms with Crippen molar-refractivity contribution in [2.75, 3.05) is 11.5 Å². The predicted octanol–water partition coefficient (Wildman–Crippen LogP) is 5.29. The molecule has 2 aromatic carbocycles. The molecule has 1 aliphatic heterocycles. The number of rotatable bonds is 8. The number of nitrogens with zero attached hydrogens (tertiary/aromatic N) is 1. The Morgan fingerprint density at radius 1 is 1.13 bits per heavy atom. The molecule has 0 radical (unpaired) electrons. The van der Waals surface area contributed by atoms with Gasteiger partial charge in [0.15, 0.2) is 0 Å². The molecule has 1 N–H and O–H groups in total. The van der Waals surface area contributed by atoms with Crippen LogP contribution in [0.25, 0.3) is 6.08 Å². The van der Waals surface area contributed by atoms with Gasteiger partial charge in [-0.1, -0.05) is 38.1 Å². The fourth-order valence-electron chi connectivity index (χ4n) is 2.95. The van der Waals surface area contributed by atoms with E-state index in [1.54, 1.807) is 30.3 Å². The molecule has 1 heterocycles. The van der Waals surface area contributed by atoms with Crippen LogP contribution < -0.4 is 9.64 Å². The molecular formula is C23H23NO5S. The van der Waals surface area contributed by atoms with E-state index in [0.717, 1.165) is 23.7 Å². The first-order valence-electron chi connectivity index (χ1n) is 9.71. The van der Waals surface area contributed by atoms with Crippen LogP contribution in [0.5, 0.6) is 5.75 Å². The average Bonchev–Trinajstić information content (AvgIpc) is 3.01. The topological polar surface area (TPSA) is 83.9 Å². The third-order valence-corrected chi connectivity index (χ3v) is 5.76. The van der Waals surface area contributed by atoms with Crippen LogP contribution in [0.2, 0.25) is 0 Å². The van der Waals surface area contributed by atoms with Gasteiger partial charge in [0.1, 0.15) is 5.75 Å². The molecule has 0 spiro atoms. The maximum absolute atomic E-state index is 12.8. The molecule has 7 heteroatoms. The zero-order chi connectivity index (χ0) is 21.7. The van der Waals surface area contributed by atoms with E-state index in [4.69, 9.17) is 9.84 Å². The minimum atomic E-state index is -0.920. The summed E-state index contributed by atoms with van der Waals surface area (Å²) in [6, 6.07) is 14.4. The smallest absolute Gasteiger partial charge is 0.306 e. The fraction of sp³-hybridized carbons (Fsp3) is 0.261. The highest BCUT2D eigenvalue weighted by molar-refractivity contribution is 8.19. The van der Waals surface area contributed by atoms with E-state index in [1.165, 1.54) is 10.5 Å². The van der Waals surface area contributed by atoms with Crippen molar-refractivity contribution >= 4 is 40.6 Å². The summed E-state index contributed by atoms with van der Waals surface area (Å²) in [6.07, 6.45) is 2.61. The van der Waals surface area contributed by atoms with Gasteiger partial charge in [-0.25, -0.2) is 4.90 Å². The van der Waals surface area contributed by atoms with Gasteiger partial charge in [-0.2, -0.15) is 0 Å². The van der Waals surface area contributed by atoms with Crippen LogP contribution in [0, 0.1) is 0 Å². The molecule has 0 saturated carbocycles. The molecule has 30 heavy (non-hydrogen) atoms. The number of ether oxygens (including phenoxy) is 1. The Bertz CT molecular complexity index is 966. The summed E-state index contributed by atoms with van der Waals surface area (Å²) in [4.78, 5) is 37.3. The molecule has 3 rings (SSSR count). The second kappa shape index (κ2) is 9.63. The van der Waals surface area contributed by atoms with Gasteiger partial charge in [0.25, 0.3) is 11.1 Å². The van der Waals surface area contributed by atoms with E-state index >= 15 is 0 Å². The van der Waals surface area contributed by atoms with Gasteiger partial charge in [-0.15, -0.1) is 0 Å². The lowest BCUT2D eigenvalue weighted by Crippen LogP contribution is -2.27. The van der Waals surface area contributed by atoms with E-state index < -0.39 is 5.97 Å². The van der Waals surface area contributed by atoms with Crippen molar-refractivity contribution in [2.45, 2.75) is 32.6 Å². The van der Waals surface area contributed by atoms with Gasteiger partial charge in [0.2, 0.25) is 0 Å². The monoisotopic (exact) mass is 425 g/mol. The number of hydrogen-bond acceptors (Lipinski definition) is 5. The minimum Gasteiger partial charge on any atom is -0.493 e. The van der Waals surface area contributed by atoms with Crippen molar-refractivity contribution in [3.63, 3.8) is 0 Å². The van der Waals surface area contributed by atoms with Crippen molar-refractivity contribution < 1.29 is 24.2 Å². The van der Waals surface area contributed by atoms with E-state index in [1.807, 2.05) is 24.3 Å². The lowest BCUT2D eigenvalue weighted by Gasteiger charge is -2.14. The maximum Gasteiger partial charge on any atom is 0.306 e. The summed E-state index contributed by atoms with van der Waals surface area (Å²) >= 11 is 0.910. The van der Waals surface area contributed by atoms with Gasteiger partial charge < -0.3 is 9.84 Å². The Morgan fingerprint density at radius 2 is 1.80 bits per heavy atom. The molecule has 0 aliphatic carbocycles. The third kappa shape index (κ3) is 5.10. The van der Waals surface area contributed by atoms with Crippen LogP contribution in [0.4, 0.5) is 10.5 Å². The summed E-state index contributed by atoms with van der Waals surface area (Å²) in [5.41, 5.74) is 2.49. The van der Waals surface area contributed by atoms with Gasteiger partial charge in [-0.05, 0) is 65.6 Å². The summed E-state index contributed by atoms with van der Waals surface area (Å²) in [7, 11) is 0. The van der Waals surface area contributed by atoms with Gasteiger partial charge >= 0.3 is 5.97 Å². The van der Waals surface area contributed by atoms with Crippen molar-refractivity contribution in [3.05, 3.63) is 64.6 Å². The van der Waals surface area contributed by atoms with E-state index in [2.05, 4.69) is 13.8 Å². The molecule has 0 aromatic heterocycles. The minimum absolute atomic E-state index is 0.0762. The maximum atomic E-state index is 12.8. The molecule has 1 aliphatic rings. The first kappa shape index (κ1) is 21.6. The van der Waals surface area contributed by atoms with Gasteiger partial charge in [0, 0.05) is 0 Å². The second-order valence-corrected chi connectivity index (χ2v) is 7.97. The number of imide groups is 1. The SMILES string of the molecule is CCC(C)c1ccc(N2C(=O)S/C(=C/c3ccc(OCCC(=O)O)cc3)C2=O)cc1. The van der Waals surface area contributed by atoms with Crippen molar-refractivity contribution in [1.82, 2.24) is 0 Å². The number of carbonyl (C=O) groups is 3. The van der Waals surface area contributed by atoms with Crippen LogP contribution in [0.1, 0.15) is 43.7 Å². The molecule has 0 bridgehead atoms. The first-order valence-corrected chi connectivity index (χ1v) is 10.5. The Kier molecular flexibility index (Phi) is 6.95. The lowest BCUT2D eigenvalue weighted by atomic mass is 9.98. The molecule has 156 valence electrons. The number of aliphatic carboxylic acids is 1. The number of carboxylic acid groups (broad SMARTS) is 1.